The Morgan fingerprint density at radius 2 is 0.833 bits per heavy atom. The number of hydrogen-bond acceptors (Lipinski definition) is 7. The van der Waals surface area contributed by atoms with E-state index in [9.17, 15) is 4.79 Å². The fourth-order valence-electron chi connectivity index (χ4n) is 0.773. The molecule has 0 rings (SSSR count). The summed E-state index contributed by atoms with van der Waals surface area (Å²) in [5.41, 5.74) is 0. The van der Waals surface area contributed by atoms with E-state index >= 15 is 0 Å². The lowest BCUT2D eigenvalue weighted by Gasteiger charge is -2.02. The average molecular weight is 355 g/mol. The monoisotopic (exact) mass is 355 g/mol. The maximum absolute atomic E-state index is 10.1. The van der Waals surface area contributed by atoms with Gasteiger partial charge in [-0.2, -0.15) is 0 Å². The third kappa shape index (κ3) is 37.5. The molecular weight excluding hydrogens is 318 g/mol. The fraction of sp³-hybridized carbons (Fsp3) is 0.938. The molecule has 0 spiro atoms. The lowest BCUT2D eigenvalue weighted by atomic mass is 10.7. The largest absolute Gasteiger partial charge is 0.382 e. The minimum atomic E-state index is 0.0926. The first-order valence-electron chi connectivity index (χ1n) is 7.76. The first-order chi connectivity index (χ1) is 11.5. The van der Waals surface area contributed by atoms with Crippen molar-refractivity contribution in [2.75, 3.05) is 95.4 Å². The molecule has 24 heavy (non-hydrogen) atoms. The van der Waals surface area contributed by atoms with E-state index in [2.05, 4.69) is 0 Å². The number of methoxy groups -OCH3 is 4. The summed E-state index contributed by atoms with van der Waals surface area (Å²) in [5.74, 6) is 0.0926. The molecular formula is C16H37NO7. The SMILES string of the molecule is CC(=O)N(C)C.COCCOCCOC.COCCOCCOC. The van der Waals surface area contributed by atoms with Gasteiger partial charge in [0.05, 0.1) is 52.9 Å². The van der Waals surface area contributed by atoms with E-state index in [1.807, 2.05) is 0 Å². The fourth-order valence-corrected chi connectivity index (χ4v) is 0.773. The summed E-state index contributed by atoms with van der Waals surface area (Å²) in [7, 11) is 10.1. The van der Waals surface area contributed by atoms with Gasteiger partial charge in [-0.25, -0.2) is 0 Å². The standard InChI is InChI=1S/2C6H14O3.C4H9NO/c2*1-7-3-5-9-6-4-8-2;1-4(6)5(2)3/h2*3-6H2,1-2H3;1-3H3. The Balaban J connectivity index is -0.000000282. The molecule has 1 amide bonds. The molecule has 0 atom stereocenters. The van der Waals surface area contributed by atoms with Gasteiger partial charge in [0.1, 0.15) is 0 Å². The van der Waals surface area contributed by atoms with Crippen LogP contribution in [-0.4, -0.2) is 106 Å². The summed E-state index contributed by atoms with van der Waals surface area (Å²) in [6.07, 6.45) is 0. The van der Waals surface area contributed by atoms with Crippen molar-refractivity contribution in [1.82, 2.24) is 4.90 Å². The number of rotatable bonds is 12. The maximum Gasteiger partial charge on any atom is 0.218 e. The van der Waals surface area contributed by atoms with Crippen molar-refractivity contribution >= 4 is 5.91 Å². The van der Waals surface area contributed by atoms with Crippen LogP contribution < -0.4 is 0 Å². The molecule has 0 aliphatic carbocycles. The van der Waals surface area contributed by atoms with Crippen molar-refractivity contribution in [1.29, 1.82) is 0 Å². The second kappa shape index (κ2) is 27.1. The smallest absolute Gasteiger partial charge is 0.218 e. The normalized spacial score (nSPS) is 9.46. The van der Waals surface area contributed by atoms with Crippen LogP contribution in [0.5, 0.6) is 0 Å². The number of ether oxygens (including phenoxy) is 6. The third-order valence-corrected chi connectivity index (χ3v) is 2.36. The van der Waals surface area contributed by atoms with Gasteiger partial charge in [-0.05, 0) is 0 Å². The van der Waals surface area contributed by atoms with Crippen LogP contribution in [0, 0.1) is 0 Å². The highest BCUT2D eigenvalue weighted by Gasteiger charge is 1.87. The van der Waals surface area contributed by atoms with E-state index in [-0.39, 0.29) is 5.91 Å². The highest BCUT2D eigenvalue weighted by molar-refractivity contribution is 5.72. The zero-order chi connectivity index (χ0) is 19.1. The predicted octanol–water partition coefficient (Wildman–Crippen LogP) is 0.686. The molecule has 0 fully saturated rings. The number of nitrogens with zero attached hydrogens (tertiary/aromatic N) is 1. The van der Waals surface area contributed by atoms with Crippen molar-refractivity contribution in [2.45, 2.75) is 6.92 Å². The molecule has 0 radical (unpaired) electrons. The van der Waals surface area contributed by atoms with Crippen LogP contribution in [0.4, 0.5) is 0 Å². The van der Waals surface area contributed by atoms with E-state index in [0.29, 0.717) is 52.9 Å². The summed E-state index contributed by atoms with van der Waals surface area (Å²) >= 11 is 0. The van der Waals surface area contributed by atoms with E-state index in [1.54, 1.807) is 42.5 Å². The van der Waals surface area contributed by atoms with Gasteiger partial charge < -0.3 is 33.3 Å². The Hall–Kier alpha value is -0.770. The predicted molar refractivity (Wildman–Crippen MR) is 93.5 cm³/mol. The molecule has 0 saturated heterocycles. The summed E-state index contributed by atoms with van der Waals surface area (Å²) in [6.45, 7) is 6.76. The molecule has 0 aromatic carbocycles. The van der Waals surface area contributed by atoms with Gasteiger partial charge in [-0.1, -0.05) is 0 Å². The Bertz CT molecular complexity index is 202. The molecule has 8 nitrogen and oxygen atoms in total. The van der Waals surface area contributed by atoms with Gasteiger partial charge in [0.2, 0.25) is 5.91 Å². The second-order valence-electron chi connectivity index (χ2n) is 4.61. The third-order valence-electron chi connectivity index (χ3n) is 2.36. The van der Waals surface area contributed by atoms with Crippen molar-refractivity contribution in [3.05, 3.63) is 0 Å². The molecule has 0 bridgehead atoms. The van der Waals surface area contributed by atoms with Crippen molar-refractivity contribution in [2.24, 2.45) is 0 Å². The van der Waals surface area contributed by atoms with E-state index < -0.39 is 0 Å². The summed E-state index contributed by atoms with van der Waals surface area (Å²) in [5, 5.41) is 0. The molecule has 0 aliphatic rings. The number of carbonyl (C=O) groups is 1. The summed E-state index contributed by atoms with van der Waals surface area (Å²) < 4.78 is 29.2. The Labute approximate surface area is 147 Å². The number of carbonyl (C=O) groups excluding carboxylic acids is 1. The number of amides is 1. The topological polar surface area (TPSA) is 75.7 Å². The van der Waals surface area contributed by atoms with Crippen LogP contribution >= 0.6 is 0 Å². The van der Waals surface area contributed by atoms with Crippen molar-refractivity contribution in [3.8, 4) is 0 Å². The Morgan fingerprint density at radius 3 is 0.958 bits per heavy atom. The number of hydrogen-bond donors (Lipinski definition) is 0. The molecule has 0 saturated carbocycles. The lowest BCUT2D eigenvalue weighted by molar-refractivity contribution is -0.126. The molecule has 8 heteroatoms. The zero-order valence-electron chi connectivity index (χ0n) is 16.5. The molecule has 0 aromatic rings. The van der Waals surface area contributed by atoms with E-state index in [4.69, 9.17) is 28.4 Å². The molecule has 0 heterocycles. The van der Waals surface area contributed by atoms with Crippen LogP contribution in [0.2, 0.25) is 0 Å². The highest BCUT2D eigenvalue weighted by atomic mass is 16.5. The molecule has 0 aromatic heterocycles. The minimum absolute atomic E-state index is 0.0926. The van der Waals surface area contributed by atoms with Gasteiger partial charge in [-0.15, -0.1) is 0 Å². The Morgan fingerprint density at radius 1 is 0.625 bits per heavy atom. The van der Waals surface area contributed by atoms with Crippen LogP contribution in [0.25, 0.3) is 0 Å². The highest BCUT2D eigenvalue weighted by Crippen LogP contribution is 1.76. The molecule has 0 unspecified atom stereocenters. The Kier molecular flexibility index (Phi) is 31.7. The van der Waals surface area contributed by atoms with Gasteiger partial charge in [0.25, 0.3) is 0 Å². The van der Waals surface area contributed by atoms with Gasteiger partial charge in [0.15, 0.2) is 0 Å². The van der Waals surface area contributed by atoms with Crippen LogP contribution in [0.3, 0.4) is 0 Å². The average Bonchev–Trinajstić information content (AvgIpc) is 2.56. The van der Waals surface area contributed by atoms with E-state index in [0.717, 1.165) is 0 Å². The van der Waals surface area contributed by atoms with Crippen LogP contribution in [0.1, 0.15) is 6.92 Å². The molecule has 0 aliphatic heterocycles. The zero-order valence-corrected chi connectivity index (χ0v) is 16.5. The first kappa shape index (κ1) is 28.1. The summed E-state index contributed by atoms with van der Waals surface area (Å²) in [6, 6.07) is 0. The summed E-state index contributed by atoms with van der Waals surface area (Å²) in [4.78, 5) is 11.6. The van der Waals surface area contributed by atoms with E-state index in [1.165, 1.54) is 11.8 Å². The maximum atomic E-state index is 10.1. The van der Waals surface area contributed by atoms with Crippen molar-refractivity contribution in [3.63, 3.8) is 0 Å². The molecule has 0 N–H and O–H groups in total. The minimum Gasteiger partial charge on any atom is -0.382 e. The van der Waals surface area contributed by atoms with Crippen molar-refractivity contribution < 1.29 is 33.2 Å². The van der Waals surface area contributed by atoms with Gasteiger partial charge in [0, 0.05) is 49.5 Å². The van der Waals surface area contributed by atoms with Gasteiger partial charge >= 0.3 is 0 Å². The van der Waals surface area contributed by atoms with Crippen LogP contribution in [-0.2, 0) is 33.2 Å². The first-order valence-corrected chi connectivity index (χ1v) is 7.76. The quantitative estimate of drug-likeness (QED) is 0.477. The van der Waals surface area contributed by atoms with Gasteiger partial charge in [-0.3, -0.25) is 4.79 Å². The second-order valence-corrected chi connectivity index (χ2v) is 4.61. The molecule has 148 valence electrons. The lowest BCUT2D eigenvalue weighted by Crippen LogP contribution is -2.17. The van der Waals surface area contributed by atoms with Crippen LogP contribution in [0.15, 0.2) is 0 Å².